The second-order valence-electron chi connectivity index (χ2n) is 6.48. The monoisotopic (exact) mass is 415 g/mol. The number of carbonyl (C=O) groups excluding carboxylic acids is 2. The minimum atomic E-state index is -0.197. The Balaban J connectivity index is 1.39. The van der Waals surface area contributed by atoms with E-state index in [0.29, 0.717) is 27.2 Å². The third kappa shape index (κ3) is 4.10. The minimum Gasteiger partial charge on any atom is -0.444 e. The normalized spacial score (nSPS) is 14.3. The molecule has 0 bridgehead atoms. The summed E-state index contributed by atoms with van der Waals surface area (Å²) in [6, 6.07) is 11.0. The van der Waals surface area contributed by atoms with Gasteiger partial charge in [0.1, 0.15) is 6.26 Å². The number of amides is 2. The van der Waals surface area contributed by atoms with E-state index < -0.39 is 0 Å². The molecule has 144 valence electrons. The van der Waals surface area contributed by atoms with Crippen LogP contribution in [0.5, 0.6) is 0 Å². The van der Waals surface area contributed by atoms with E-state index in [-0.39, 0.29) is 18.4 Å². The number of nitrogens with zero attached hydrogens (tertiary/aromatic N) is 2. The van der Waals surface area contributed by atoms with Crippen LogP contribution in [0, 0.1) is 0 Å². The van der Waals surface area contributed by atoms with Crippen LogP contribution in [0.15, 0.2) is 47.1 Å². The molecule has 1 aliphatic rings. The second-order valence-corrected chi connectivity index (χ2v) is 8.19. The van der Waals surface area contributed by atoms with Crippen molar-refractivity contribution in [3.63, 3.8) is 0 Å². The molecule has 0 atom stereocenters. The highest BCUT2D eigenvalue weighted by atomic mass is 35.5. The number of piperidine rings is 1. The van der Waals surface area contributed by atoms with Gasteiger partial charge in [0, 0.05) is 24.2 Å². The van der Waals surface area contributed by atoms with E-state index in [1.54, 1.807) is 12.1 Å². The van der Waals surface area contributed by atoms with Gasteiger partial charge in [0.25, 0.3) is 5.91 Å². The van der Waals surface area contributed by atoms with Crippen LogP contribution < -0.4 is 10.2 Å². The van der Waals surface area contributed by atoms with Crippen molar-refractivity contribution in [2.75, 3.05) is 11.4 Å². The molecule has 1 saturated heterocycles. The fraction of sp³-hybridized carbons (Fsp3) is 0.250. The van der Waals surface area contributed by atoms with Crippen molar-refractivity contribution < 1.29 is 14.0 Å². The molecule has 1 aromatic carbocycles. The van der Waals surface area contributed by atoms with Gasteiger partial charge < -0.3 is 14.6 Å². The van der Waals surface area contributed by atoms with Crippen LogP contribution >= 0.6 is 22.9 Å². The number of halogens is 1. The van der Waals surface area contributed by atoms with Gasteiger partial charge in [-0.2, -0.15) is 0 Å². The fourth-order valence-corrected chi connectivity index (χ4v) is 4.04. The van der Waals surface area contributed by atoms with E-state index in [1.165, 1.54) is 17.6 Å². The zero-order valence-corrected chi connectivity index (χ0v) is 16.6. The Morgan fingerprint density at radius 3 is 2.75 bits per heavy atom. The number of benzene rings is 1. The first-order chi connectivity index (χ1) is 13.6. The number of carbonyl (C=O) groups is 2. The average molecular weight is 416 g/mol. The van der Waals surface area contributed by atoms with Crippen molar-refractivity contribution in [2.45, 2.75) is 25.8 Å². The van der Waals surface area contributed by atoms with E-state index >= 15 is 0 Å². The van der Waals surface area contributed by atoms with Crippen molar-refractivity contribution in [3.8, 4) is 11.5 Å². The number of hydrogen-bond acceptors (Lipinski definition) is 5. The van der Waals surface area contributed by atoms with Crippen LogP contribution in [0.25, 0.3) is 11.5 Å². The lowest BCUT2D eigenvalue weighted by Crippen LogP contribution is -2.35. The highest BCUT2D eigenvalue weighted by molar-refractivity contribution is 7.17. The molecule has 3 heterocycles. The maximum absolute atomic E-state index is 12.1. The summed E-state index contributed by atoms with van der Waals surface area (Å²) in [6.07, 6.45) is 4.12. The number of nitrogens with one attached hydrogen (secondary N) is 1. The molecular weight excluding hydrogens is 398 g/mol. The van der Waals surface area contributed by atoms with Crippen LogP contribution in [0.2, 0.25) is 4.34 Å². The molecule has 4 rings (SSSR count). The SMILES string of the molecule is O=C(NCc1coc(-c2ccc(N3CCCCC3=O)cc2)n1)c1ccc(Cl)s1. The molecule has 0 aliphatic carbocycles. The Kier molecular flexibility index (Phi) is 5.45. The number of rotatable bonds is 5. The van der Waals surface area contributed by atoms with Gasteiger partial charge in [0.2, 0.25) is 11.8 Å². The molecule has 0 radical (unpaired) electrons. The first-order valence-corrected chi connectivity index (χ1v) is 10.2. The molecule has 28 heavy (non-hydrogen) atoms. The molecule has 3 aromatic rings. The summed E-state index contributed by atoms with van der Waals surface area (Å²) in [7, 11) is 0. The molecule has 1 fully saturated rings. The van der Waals surface area contributed by atoms with E-state index in [0.717, 1.165) is 30.6 Å². The zero-order chi connectivity index (χ0) is 19.5. The first-order valence-electron chi connectivity index (χ1n) is 8.99. The second kappa shape index (κ2) is 8.16. The minimum absolute atomic E-state index is 0.167. The number of thiophene rings is 1. The number of aromatic nitrogens is 1. The van der Waals surface area contributed by atoms with Gasteiger partial charge in [-0.1, -0.05) is 11.6 Å². The zero-order valence-electron chi connectivity index (χ0n) is 15.0. The summed E-state index contributed by atoms with van der Waals surface area (Å²) in [6.45, 7) is 1.02. The molecular formula is C20H18ClN3O3S. The van der Waals surface area contributed by atoms with E-state index in [9.17, 15) is 9.59 Å². The van der Waals surface area contributed by atoms with E-state index in [1.807, 2.05) is 29.2 Å². The fourth-order valence-electron chi connectivity index (χ4n) is 3.08. The highest BCUT2D eigenvalue weighted by Gasteiger charge is 2.19. The third-order valence-electron chi connectivity index (χ3n) is 4.53. The molecule has 0 unspecified atom stereocenters. The Labute approximate surface area is 171 Å². The Morgan fingerprint density at radius 2 is 2.04 bits per heavy atom. The van der Waals surface area contributed by atoms with E-state index in [4.69, 9.17) is 16.0 Å². The van der Waals surface area contributed by atoms with Crippen LogP contribution in [-0.4, -0.2) is 23.3 Å². The van der Waals surface area contributed by atoms with Gasteiger partial charge in [-0.3, -0.25) is 9.59 Å². The predicted octanol–water partition coefficient (Wildman–Crippen LogP) is 4.50. The van der Waals surface area contributed by atoms with Crippen LogP contribution in [0.4, 0.5) is 5.69 Å². The lowest BCUT2D eigenvalue weighted by molar-refractivity contribution is -0.119. The van der Waals surface area contributed by atoms with Gasteiger partial charge in [0.15, 0.2) is 0 Å². The van der Waals surface area contributed by atoms with E-state index in [2.05, 4.69) is 10.3 Å². The summed E-state index contributed by atoms with van der Waals surface area (Å²) < 4.78 is 6.11. The number of oxazole rings is 1. The first kappa shape index (κ1) is 18.7. The highest BCUT2D eigenvalue weighted by Crippen LogP contribution is 2.25. The van der Waals surface area contributed by atoms with Crippen molar-refractivity contribution in [3.05, 3.63) is 57.6 Å². The summed E-state index contributed by atoms with van der Waals surface area (Å²) in [5, 5.41) is 2.80. The molecule has 1 aliphatic heterocycles. The van der Waals surface area contributed by atoms with Gasteiger partial charge in [-0.25, -0.2) is 4.98 Å². The Hall–Kier alpha value is -2.64. The lowest BCUT2D eigenvalue weighted by atomic mass is 10.1. The summed E-state index contributed by atoms with van der Waals surface area (Å²) in [5.74, 6) is 0.442. The van der Waals surface area contributed by atoms with Crippen molar-refractivity contribution >= 4 is 40.4 Å². The van der Waals surface area contributed by atoms with Gasteiger partial charge in [-0.15, -0.1) is 11.3 Å². The van der Waals surface area contributed by atoms with Gasteiger partial charge >= 0.3 is 0 Å². The predicted molar refractivity (Wildman–Crippen MR) is 109 cm³/mol. The quantitative estimate of drug-likeness (QED) is 0.665. The third-order valence-corrected chi connectivity index (χ3v) is 5.76. The smallest absolute Gasteiger partial charge is 0.261 e. The van der Waals surface area contributed by atoms with Crippen molar-refractivity contribution in [1.29, 1.82) is 0 Å². The Bertz CT molecular complexity index is 996. The average Bonchev–Trinajstić information content (AvgIpc) is 3.36. The Morgan fingerprint density at radius 1 is 1.21 bits per heavy atom. The maximum atomic E-state index is 12.1. The van der Waals surface area contributed by atoms with Crippen LogP contribution in [0.3, 0.4) is 0 Å². The topological polar surface area (TPSA) is 75.4 Å². The summed E-state index contributed by atoms with van der Waals surface area (Å²) >= 11 is 7.08. The summed E-state index contributed by atoms with van der Waals surface area (Å²) in [4.78, 5) is 30.9. The molecule has 1 N–H and O–H groups in total. The van der Waals surface area contributed by atoms with Gasteiger partial charge in [-0.05, 0) is 49.2 Å². The largest absolute Gasteiger partial charge is 0.444 e. The van der Waals surface area contributed by atoms with Gasteiger partial charge in [0.05, 0.1) is 21.5 Å². The van der Waals surface area contributed by atoms with Crippen LogP contribution in [-0.2, 0) is 11.3 Å². The molecule has 0 spiro atoms. The number of hydrogen-bond donors (Lipinski definition) is 1. The van der Waals surface area contributed by atoms with Crippen molar-refractivity contribution in [2.24, 2.45) is 0 Å². The lowest BCUT2D eigenvalue weighted by Gasteiger charge is -2.26. The molecule has 2 amide bonds. The maximum Gasteiger partial charge on any atom is 0.261 e. The molecule has 8 heteroatoms. The standard InChI is InChI=1S/C20H18ClN3O3S/c21-17-9-8-16(28-17)19(26)22-11-14-12-27-20(23-14)13-4-6-15(7-5-13)24-10-2-1-3-18(24)25/h4-9,12H,1-3,10-11H2,(H,22,26). The molecule has 0 saturated carbocycles. The number of anilines is 1. The molecule has 6 nitrogen and oxygen atoms in total. The van der Waals surface area contributed by atoms with Crippen LogP contribution in [0.1, 0.15) is 34.6 Å². The molecule has 2 aromatic heterocycles. The summed E-state index contributed by atoms with van der Waals surface area (Å²) in [5.41, 5.74) is 2.33. The van der Waals surface area contributed by atoms with Crippen molar-refractivity contribution in [1.82, 2.24) is 10.3 Å².